The van der Waals surface area contributed by atoms with E-state index in [1.807, 2.05) is 55.5 Å². The summed E-state index contributed by atoms with van der Waals surface area (Å²) in [5, 5.41) is 11.3. The van der Waals surface area contributed by atoms with Crippen molar-refractivity contribution in [1.82, 2.24) is 4.98 Å². The molecule has 0 spiro atoms. The van der Waals surface area contributed by atoms with E-state index in [1.54, 1.807) is 0 Å². The molecule has 0 saturated carbocycles. The van der Waals surface area contributed by atoms with E-state index >= 15 is 0 Å². The predicted molar refractivity (Wildman–Crippen MR) is 78.5 cm³/mol. The summed E-state index contributed by atoms with van der Waals surface area (Å²) in [7, 11) is 0. The molecule has 0 aliphatic heterocycles. The van der Waals surface area contributed by atoms with Gasteiger partial charge in [-0.1, -0.05) is 31.2 Å². The Balaban J connectivity index is 1.81. The summed E-state index contributed by atoms with van der Waals surface area (Å²) >= 11 is 0. The summed E-state index contributed by atoms with van der Waals surface area (Å²) in [5.41, 5.74) is 1.82. The van der Waals surface area contributed by atoms with Crippen LogP contribution in [0, 0.1) is 0 Å². The number of furan rings is 1. The second-order valence-corrected chi connectivity index (χ2v) is 4.87. The van der Waals surface area contributed by atoms with Crippen molar-refractivity contribution in [2.45, 2.75) is 25.9 Å². The van der Waals surface area contributed by atoms with Crippen molar-refractivity contribution in [3.8, 4) is 0 Å². The van der Waals surface area contributed by atoms with Gasteiger partial charge in [-0.15, -0.1) is 0 Å². The normalized spacial score (nSPS) is 12.7. The van der Waals surface area contributed by atoms with Crippen LogP contribution in [0.2, 0.25) is 0 Å². The van der Waals surface area contributed by atoms with Gasteiger partial charge in [-0.2, -0.15) is 0 Å². The smallest absolute Gasteiger partial charge is 0.133 e. The van der Waals surface area contributed by atoms with Crippen LogP contribution >= 0.6 is 0 Å². The van der Waals surface area contributed by atoms with Crippen molar-refractivity contribution >= 4 is 10.9 Å². The fraction of sp³-hybridized carbons (Fsp3) is 0.235. The maximum absolute atomic E-state index is 10.2. The third-order valence-electron chi connectivity index (χ3n) is 3.42. The van der Waals surface area contributed by atoms with Gasteiger partial charge in [0, 0.05) is 23.9 Å². The van der Waals surface area contributed by atoms with Crippen molar-refractivity contribution in [1.29, 1.82) is 0 Å². The summed E-state index contributed by atoms with van der Waals surface area (Å²) in [5.74, 6) is 1.50. The maximum atomic E-state index is 10.2. The van der Waals surface area contributed by atoms with Crippen molar-refractivity contribution in [3.05, 3.63) is 65.7 Å². The second-order valence-electron chi connectivity index (χ2n) is 4.87. The minimum atomic E-state index is -0.649. The summed E-state index contributed by atoms with van der Waals surface area (Å²) in [6, 6.07) is 15.7. The van der Waals surface area contributed by atoms with Gasteiger partial charge >= 0.3 is 0 Å². The lowest BCUT2D eigenvalue weighted by atomic mass is 10.1. The van der Waals surface area contributed by atoms with Crippen LogP contribution in [0.5, 0.6) is 0 Å². The third-order valence-corrected chi connectivity index (χ3v) is 3.42. The van der Waals surface area contributed by atoms with E-state index in [0.29, 0.717) is 12.2 Å². The van der Waals surface area contributed by atoms with E-state index in [4.69, 9.17) is 4.42 Å². The highest BCUT2D eigenvalue weighted by Crippen LogP contribution is 2.21. The number of aryl methyl sites for hydroxylation is 1. The number of para-hydroxylation sites is 1. The molecule has 1 atom stereocenters. The summed E-state index contributed by atoms with van der Waals surface area (Å²) in [4.78, 5) is 4.57. The van der Waals surface area contributed by atoms with E-state index in [-0.39, 0.29) is 0 Å². The van der Waals surface area contributed by atoms with Crippen molar-refractivity contribution in [3.63, 3.8) is 0 Å². The number of benzene rings is 1. The lowest BCUT2D eigenvalue weighted by Crippen LogP contribution is -2.02. The van der Waals surface area contributed by atoms with E-state index < -0.39 is 6.10 Å². The molecule has 3 rings (SSSR count). The van der Waals surface area contributed by atoms with Crippen molar-refractivity contribution < 1.29 is 9.52 Å². The Labute approximate surface area is 117 Å². The Hall–Kier alpha value is -2.13. The molecular weight excluding hydrogens is 250 g/mol. The lowest BCUT2D eigenvalue weighted by molar-refractivity contribution is 0.147. The first-order chi connectivity index (χ1) is 9.76. The molecule has 0 saturated heterocycles. The lowest BCUT2D eigenvalue weighted by Gasteiger charge is -2.08. The summed E-state index contributed by atoms with van der Waals surface area (Å²) in [6.07, 6.45) is 0.645. The number of nitrogens with zero attached hydrogens (tertiary/aromatic N) is 1. The average molecular weight is 267 g/mol. The third kappa shape index (κ3) is 2.58. The van der Waals surface area contributed by atoms with Crippen LogP contribution in [0.4, 0.5) is 0 Å². The molecule has 1 N–H and O–H groups in total. The highest BCUT2D eigenvalue weighted by molar-refractivity contribution is 5.78. The highest BCUT2D eigenvalue weighted by atomic mass is 16.4. The van der Waals surface area contributed by atoms with Gasteiger partial charge in [0.05, 0.1) is 5.52 Å². The standard InChI is InChI=1S/C17H17NO2/c1-2-14-9-10-17(20-14)16(19)11-13-8-7-12-5-3-4-6-15(12)18-13/h3-10,16,19H,2,11H2,1H3. The van der Waals surface area contributed by atoms with Gasteiger partial charge in [-0.3, -0.25) is 4.98 Å². The van der Waals surface area contributed by atoms with Crippen LogP contribution < -0.4 is 0 Å². The molecule has 1 aromatic carbocycles. The van der Waals surface area contributed by atoms with Crippen LogP contribution in [0.25, 0.3) is 10.9 Å². The number of pyridine rings is 1. The molecular formula is C17H17NO2. The van der Waals surface area contributed by atoms with Crippen LogP contribution in [-0.4, -0.2) is 10.1 Å². The Bertz CT molecular complexity index is 718. The average Bonchev–Trinajstić information content (AvgIpc) is 2.96. The second kappa shape index (κ2) is 5.47. The Morgan fingerprint density at radius 1 is 1.10 bits per heavy atom. The zero-order valence-corrected chi connectivity index (χ0v) is 11.4. The van der Waals surface area contributed by atoms with Gasteiger partial charge in [0.1, 0.15) is 17.6 Å². The molecule has 3 aromatic rings. The SMILES string of the molecule is CCc1ccc(C(O)Cc2ccc3ccccc3n2)o1. The van der Waals surface area contributed by atoms with E-state index in [1.165, 1.54) is 0 Å². The fourth-order valence-electron chi connectivity index (χ4n) is 2.28. The van der Waals surface area contributed by atoms with Crippen molar-refractivity contribution in [2.75, 3.05) is 0 Å². The largest absolute Gasteiger partial charge is 0.463 e. The Kier molecular flexibility index (Phi) is 3.52. The molecule has 1 unspecified atom stereocenters. The zero-order chi connectivity index (χ0) is 13.9. The minimum Gasteiger partial charge on any atom is -0.463 e. The van der Waals surface area contributed by atoms with Gasteiger partial charge in [0.15, 0.2) is 0 Å². The number of aliphatic hydroxyl groups excluding tert-OH is 1. The summed E-state index contributed by atoms with van der Waals surface area (Å²) < 4.78 is 5.58. The Morgan fingerprint density at radius 3 is 2.75 bits per heavy atom. The number of hydrogen-bond acceptors (Lipinski definition) is 3. The van der Waals surface area contributed by atoms with Gasteiger partial charge in [0.2, 0.25) is 0 Å². The van der Waals surface area contributed by atoms with Crippen LogP contribution in [0.15, 0.2) is 52.9 Å². The number of fused-ring (bicyclic) bond motifs is 1. The van der Waals surface area contributed by atoms with E-state index in [0.717, 1.165) is 28.8 Å². The molecule has 0 aliphatic rings. The first kappa shape index (κ1) is 12.9. The number of aliphatic hydroxyl groups is 1. The molecule has 3 heteroatoms. The number of aromatic nitrogens is 1. The molecule has 2 aromatic heterocycles. The van der Waals surface area contributed by atoms with Gasteiger partial charge in [0.25, 0.3) is 0 Å². The molecule has 0 bridgehead atoms. The van der Waals surface area contributed by atoms with Crippen LogP contribution in [0.1, 0.15) is 30.2 Å². The zero-order valence-electron chi connectivity index (χ0n) is 11.4. The monoisotopic (exact) mass is 267 g/mol. The van der Waals surface area contributed by atoms with Crippen LogP contribution in [0.3, 0.4) is 0 Å². The van der Waals surface area contributed by atoms with Gasteiger partial charge in [-0.25, -0.2) is 0 Å². The molecule has 0 fully saturated rings. The topological polar surface area (TPSA) is 46.3 Å². The molecule has 102 valence electrons. The van der Waals surface area contributed by atoms with Gasteiger partial charge in [-0.05, 0) is 24.3 Å². The highest BCUT2D eigenvalue weighted by Gasteiger charge is 2.13. The predicted octanol–water partition coefficient (Wildman–Crippen LogP) is 3.67. The van der Waals surface area contributed by atoms with Gasteiger partial charge < -0.3 is 9.52 Å². The number of hydrogen-bond donors (Lipinski definition) is 1. The minimum absolute atomic E-state index is 0.460. The first-order valence-corrected chi connectivity index (χ1v) is 6.87. The van der Waals surface area contributed by atoms with Crippen molar-refractivity contribution in [2.24, 2.45) is 0 Å². The summed E-state index contributed by atoms with van der Waals surface area (Å²) in [6.45, 7) is 2.03. The fourth-order valence-corrected chi connectivity index (χ4v) is 2.28. The number of rotatable bonds is 4. The molecule has 3 nitrogen and oxygen atoms in total. The quantitative estimate of drug-likeness (QED) is 0.784. The molecule has 0 aliphatic carbocycles. The molecule has 20 heavy (non-hydrogen) atoms. The van der Waals surface area contributed by atoms with Crippen LogP contribution in [-0.2, 0) is 12.8 Å². The Morgan fingerprint density at radius 2 is 1.95 bits per heavy atom. The first-order valence-electron chi connectivity index (χ1n) is 6.87. The maximum Gasteiger partial charge on any atom is 0.133 e. The molecule has 2 heterocycles. The molecule has 0 radical (unpaired) electrons. The van der Waals surface area contributed by atoms with E-state index in [2.05, 4.69) is 4.98 Å². The molecule has 0 amide bonds. The van der Waals surface area contributed by atoms with E-state index in [9.17, 15) is 5.11 Å².